The van der Waals surface area contributed by atoms with Crippen LogP contribution in [0.2, 0.25) is 0 Å². The Bertz CT molecular complexity index is 761. The van der Waals surface area contributed by atoms with Crippen molar-refractivity contribution in [2.75, 3.05) is 51.4 Å². The summed E-state index contributed by atoms with van der Waals surface area (Å²) in [4.78, 5) is 16.8. The van der Waals surface area contributed by atoms with Crippen molar-refractivity contribution in [1.82, 2.24) is 4.90 Å². The van der Waals surface area contributed by atoms with Crippen LogP contribution in [0.4, 0.5) is 5.69 Å². The summed E-state index contributed by atoms with van der Waals surface area (Å²) >= 11 is 0. The highest BCUT2D eigenvalue weighted by atomic mass is 16.5. The van der Waals surface area contributed by atoms with E-state index < -0.39 is 0 Å². The highest BCUT2D eigenvalue weighted by Gasteiger charge is 2.19. The Morgan fingerprint density at radius 3 is 2.17 bits per heavy atom. The molecule has 0 spiro atoms. The van der Waals surface area contributed by atoms with E-state index in [4.69, 9.17) is 14.2 Å². The molecule has 6 heteroatoms. The Balaban J connectivity index is 1.47. The molecule has 29 heavy (non-hydrogen) atoms. The zero-order chi connectivity index (χ0) is 20.5. The number of nitrogens with zero attached hydrogens (tertiary/aromatic N) is 2. The van der Waals surface area contributed by atoms with E-state index in [0.717, 1.165) is 49.7 Å². The lowest BCUT2D eigenvalue weighted by Gasteiger charge is -2.24. The molecule has 0 aromatic heterocycles. The number of carbonyl (C=O) groups is 1. The number of rotatable bonds is 8. The van der Waals surface area contributed by atoms with Crippen LogP contribution in [0.5, 0.6) is 17.2 Å². The second-order valence-electron chi connectivity index (χ2n) is 7.03. The zero-order valence-electron chi connectivity index (χ0n) is 17.3. The molecule has 2 aromatic rings. The molecule has 0 atom stereocenters. The summed E-state index contributed by atoms with van der Waals surface area (Å²) in [6.45, 7) is 6.00. The number of hydrogen-bond acceptors (Lipinski definition) is 5. The number of carbonyl (C=O) groups excluding carboxylic acids is 1. The van der Waals surface area contributed by atoms with Gasteiger partial charge in [-0.15, -0.1) is 0 Å². The largest absolute Gasteiger partial charge is 0.497 e. The van der Waals surface area contributed by atoms with Gasteiger partial charge in [-0.05, 0) is 61.4 Å². The molecule has 2 aromatic carbocycles. The number of anilines is 1. The van der Waals surface area contributed by atoms with E-state index in [-0.39, 0.29) is 12.5 Å². The summed E-state index contributed by atoms with van der Waals surface area (Å²) < 4.78 is 16.5. The van der Waals surface area contributed by atoms with E-state index >= 15 is 0 Å². The van der Waals surface area contributed by atoms with Gasteiger partial charge in [0, 0.05) is 31.9 Å². The second kappa shape index (κ2) is 10.6. The van der Waals surface area contributed by atoms with Gasteiger partial charge in [0.25, 0.3) is 5.91 Å². The number of methoxy groups -OCH3 is 1. The Kier molecular flexibility index (Phi) is 7.61. The van der Waals surface area contributed by atoms with Gasteiger partial charge in [0.1, 0.15) is 17.2 Å². The van der Waals surface area contributed by atoms with Crippen molar-refractivity contribution in [3.8, 4) is 17.2 Å². The monoisotopic (exact) mass is 398 g/mol. The van der Waals surface area contributed by atoms with Crippen molar-refractivity contribution in [3.05, 3.63) is 48.5 Å². The van der Waals surface area contributed by atoms with Gasteiger partial charge in [-0.1, -0.05) is 6.92 Å². The molecule has 3 rings (SSSR count). The van der Waals surface area contributed by atoms with Crippen LogP contribution in [0.25, 0.3) is 0 Å². The third kappa shape index (κ3) is 6.04. The Morgan fingerprint density at radius 2 is 1.52 bits per heavy atom. The summed E-state index contributed by atoms with van der Waals surface area (Å²) in [6.07, 6.45) is 1.90. The highest BCUT2D eigenvalue weighted by molar-refractivity contribution is 5.78. The molecular weight excluding hydrogens is 368 g/mol. The fourth-order valence-corrected chi connectivity index (χ4v) is 3.31. The van der Waals surface area contributed by atoms with Gasteiger partial charge in [0.15, 0.2) is 6.61 Å². The van der Waals surface area contributed by atoms with Crippen LogP contribution in [-0.2, 0) is 4.79 Å². The van der Waals surface area contributed by atoms with Crippen LogP contribution >= 0.6 is 0 Å². The summed E-state index contributed by atoms with van der Waals surface area (Å²) in [5.41, 5.74) is 1.15. The van der Waals surface area contributed by atoms with E-state index in [9.17, 15) is 4.79 Å². The SMILES string of the molecule is CCCOc1ccc(OCC(=O)N2CCCN(c3ccc(OC)cc3)CC2)cc1. The van der Waals surface area contributed by atoms with Crippen molar-refractivity contribution >= 4 is 11.6 Å². The Hall–Kier alpha value is -2.89. The van der Waals surface area contributed by atoms with Crippen molar-refractivity contribution in [2.24, 2.45) is 0 Å². The van der Waals surface area contributed by atoms with E-state index in [0.29, 0.717) is 18.9 Å². The molecule has 0 saturated carbocycles. The molecule has 0 radical (unpaired) electrons. The fraction of sp³-hybridized carbons (Fsp3) is 0.435. The maximum atomic E-state index is 12.6. The minimum atomic E-state index is 0.0212. The lowest BCUT2D eigenvalue weighted by Crippen LogP contribution is -2.38. The van der Waals surface area contributed by atoms with Gasteiger partial charge < -0.3 is 24.0 Å². The molecule has 1 fully saturated rings. The Labute approximate surface area is 173 Å². The minimum Gasteiger partial charge on any atom is -0.497 e. The molecule has 1 aliphatic heterocycles. The predicted octanol–water partition coefficient (Wildman–Crippen LogP) is 3.60. The normalized spacial score (nSPS) is 14.3. The standard InChI is InChI=1S/C23H30N2O4/c1-3-17-28-21-9-11-22(12-10-21)29-18-23(26)25-14-4-13-24(15-16-25)19-5-7-20(27-2)8-6-19/h5-12H,3-4,13-18H2,1-2H3. The van der Waals surface area contributed by atoms with E-state index in [2.05, 4.69) is 24.0 Å². The average Bonchev–Trinajstić information content (AvgIpc) is 3.03. The van der Waals surface area contributed by atoms with Crippen LogP contribution in [0.15, 0.2) is 48.5 Å². The lowest BCUT2D eigenvalue weighted by molar-refractivity contribution is -0.133. The van der Waals surface area contributed by atoms with Crippen LogP contribution in [0.1, 0.15) is 19.8 Å². The maximum absolute atomic E-state index is 12.6. The van der Waals surface area contributed by atoms with Gasteiger partial charge in [-0.25, -0.2) is 0 Å². The molecule has 1 saturated heterocycles. The Morgan fingerprint density at radius 1 is 0.862 bits per heavy atom. The first-order valence-electron chi connectivity index (χ1n) is 10.2. The highest BCUT2D eigenvalue weighted by Crippen LogP contribution is 2.21. The summed E-state index contributed by atoms with van der Waals surface area (Å²) in [5, 5.41) is 0. The van der Waals surface area contributed by atoms with E-state index in [1.54, 1.807) is 7.11 Å². The van der Waals surface area contributed by atoms with Crippen molar-refractivity contribution in [3.63, 3.8) is 0 Å². The third-order valence-corrected chi connectivity index (χ3v) is 4.95. The molecule has 1 aliphatic rings. The van der Waals surface area contributed by atoms with E-state index in [1.165, 1.54) is 0 Å². The molecule has 1 heterocycles. The first-order valence-corrected chi connectivity index (χ1v) is 10.2. The number of ether oxygens (including phenoxy) is 3. The van der Waals surface area contributed by atoms with Crippen LogP contribution in [-0.4, -0.2) is 57.3 Å². The van der Waals surface area contributed by atoms with Gasteiger partial charge >= 0.3 is 0 Å². The van der Waals surface area contributed by atoms with Crippen molar-refractivity contribution in [1.29, 1.82) is 0 Å². The van der Waals surface area contributed by atoms with Gasteiger partial charge in [-0.2, -0.15) is 0 Å². The third-order valence-electron chi connectivity index (χ3n) is 4.95. The number of hydrogen-bond donors (Lipinski definition) is 0. The van der Waals surface area contributed by atoms with Crippen LogP contribution in [0.3, 0.4) is 0 Å². The minimum absolute atomic E-state index is 0.0212. The van der Waals surface area contributed by atoms with Gasteiger partial charge in [-0.3, -0.25) is 4.79 Å². The average molecular weight is 399 g/mol. The van der Waals surface area contributed by atoms with Gasteiger partial charge in [0.2, 0.25) is 0 Å². The maximum Gasteiger partial charge on any atom is 0.260 e. The van der Waals surface area contributed by atoms with Crippen molar-refractivity contribution < 1.29 is 19.0 Å². The lowest BCUT2D eigenvalue weighted by atomic mass is 10.2. The zero-order valence-corrected chi connectivity index (χ0v) is 17.3. The van der Waals surface area contributed by atoms with Crippen LogP contribution < -0.4 is 19.1 Å². The topological polar surface area (TPSA) is 51.2 Å². The van der Waals surface area contributed by atoms with Crippen molar-refractivity contribution in [2.45, 2.75) is 19.8 Å². The molecule has 0 bridgehead atoms. The molecule has 0 aliphatic carbocycles. The van der Waals surface area contributed by atoms with Gasteiger partial charge in [0.05, 0.1) is 13.7 Å². The first kappa shape index (κ1) is 20.8. The van der Waals surface area contributed by atoms with E-state index in [1.807, 2.05) is 41.3 Å². The molecule has 156 valence electrons. The summed E-state index contributed by atoms with van der Waals surface area (Å²) in [6, 6.07) is 15.5. The molecule has 1 amide bonds. The van der Waals surface area contributed by atoms with Crippen LogP contribution in [0, 0.1) is 0 Å². The molecule has 0 unspecified atom stereocenters. The quantitative estimate of drug-likeness (QED) is 0.680. The predicted molar refractivity (Wildman–Crippen MR) is 114 cm³/mol. The fourth-order valence-electron chi connectivity index (χ4n) is 3.31. The number of benzene rings is 2. The first-order chi connectivity index (χ1) is 14.2. The summed E-state index contributed by atoms with van der Waals surface area (Å²) in [5.74, 6) is 2.36. The molecule has 6 nitrogen and oxygen atoms in total. The smallest absolute Gasteiger partial charge is 0.260 e. The number of amides is 1. The molecular formula is C23H30N2O4. The summed E-state index contributed by atoms with van der Waals surface area (Å²) in [7, 11) is 1.67. The molecule has 0 N–H and O–H groups in total. The second-order valence-corrected chi connectivity index (χ2v) is 7.03.